The molecule has 0 fully saturated rings. The molecular formula is C17H13ClN2O4. The van der Waals surface area contributed by atoms with Crippen LogP contribution in [-0.4, -0.2) is 20.5 Å². The zero-order valence-electron chi connectivity index (χ0n) is 12.7. The second-order valence-corrected chi connectivity index (χ2v) is 5.64. The molecule has 3 aromatic rings. The first kappa shape index (κ1) is 16.0. The van der Waals surface area contributed by atoms with Crippen LogP contribution >= 0.6 is 11.6 Å². The Bertz CT molecular complexity index is 998. The van der Waals surface area contributed by atoms with Crippen LogP contribution in [-0.2, 0) is 11.3 Å². The first-order valence-corrected chi connectivity index (χ1v) is 7.47. The summed E-state index contributed by atoms with van der Waals surface area (Å²) in [5.74, 6) is -0.978. The molecule has 0 saturated carbocycles. The van der Waals surface area contributed by atoms with Crippen LogP contribution in [0.3, 0.4) is 0 Å². The van der Waals surface area contributed by atoms with Gasteiger partial charge >= 0.3 is 5.97 Å². The van der Waals surface area contributed by atoms with Crippen LogP contribution in [0.5, 0.6) is 5.75 Å². The molecule has 0 aliphatic rings. The van der Waals surface area contributed by atoms with Crippen molar-refractivity contribution in [1.29, 1.82) is 0 Å². The summed E-state index contributed by atoms with van der Waals surface area (Å²) in [5.41, 5.74) is 1.35. The Balaban J connectivity index is 1.86. The predicted molar refractivity (Wildman–Crippen MR) is 88.4 cm³/mol. The molecule has 0 atom stereocenters. The number of ether oxygens (including phenoxy) is 1. The molecule has 7 heteroatoms. The maximum Gasteiger partial charge on any atom is 0.342 e. The number of pyridine rings is 1. The van der Waals surface area contributed by atoms with Crippen molar-refractivity contribution in [3.63, 3.8) is 0 Å². The fourth-order valence-corrected chi connectivity index (χ4v) is 2.44. The zero-order valence-corrected chi connectivity index (χ0v) is 13.4. The minimum atomic E-state index is -0.748. The lowest BCUT2D eigenvalue weighted by Crippen LogP contribution is -2.17. The molecule has 0 saturated heterocycles. The summed E-state index contributed by atoms with van der Waals surface area (Å²) in [5, 5.41) is 10.00. The third-order valence-electron chi connectivity index (χ3n) is 3.47. The summed E-state index contributed by atoms with van der Waals surface area (Å²) in [6, 6.07) is 8.98. The van der Waals surface area contributed by atoms with Gasteiger partial charge in [0.2, 0.25) is 0 Å². The number of rotatable bonds is 3. The minimum Gasteiger partial charge on any atom is -0.507 e. The molecule has 122 valence electrons. The van der Waals surface area contributed by atoms with Crippen LogP contribution in [0.1, 0.15) is 21.6 Å². The number of aromatic nitrogens is 2. The lowest BCUT2D eigenvalue weighted by atomic mass is 10.2. The van der Waals surface area contributed by atoms with Gasteiger partial charge in [-0.15, -0.1) is 0 Å². The number of benzene rings is 1. The van der Waals surface area contributed by atoms with E-state index in [9.17, 15) is 14.7 Å². The fourth-order valence-electron chi connectivity index (χ4n) is 2.27. The van der Waals surface area contributed by atoms with E-state index in [0.717, 1.165) is 5.56 Å². The molecule has 0 aliphatic heterocycles. The summed E-state index contributed by atoms with van der Waals surface area (Å²) in [6.45, 7) is 1.65. The largest absolute Gasteiger partial charge is 0.507 e. The molecule has 0 unspecified atom stereocenters. The van der Waals surface area contributed by atoms with E-state index in [-0.39, 0.29) is 23.5 Å². The van der Waals surface area contributed by atoms with Gasteiger partial charge in [-0.1, -0.05) is 17.7 Å². The second-order valence-electron chi connectivity index (χ2n) is 5.21. The van der Waals surface area contributed by atoms with E-state index < -0.39 is 5.97 Å². The first-order chi connectivity index (χ1) is 11.5. The molecule has 0 amide bonds. The van der Waals surface area contributed by atoms with Gasteiger partial charge in [-0.25, -0.2) is 9.78 Å². The number of esters is 1. The number of hydrogen-bond acceptors (Lipinski definition) is 5. The van der Waals surface area contributed by atoms with Gasteiger partial charge in [0.1, 0.15) is 23.6 Å². The zero-order chi connectivity index (χ0) is 17.3. The predicted octanol–water partition coefficient (Wildman–Crippen LogP) is 2.72. The number of aryl methyl sites for hydroxylation is 1. The third kappa shape index (κ3) is 3.09. The Labute approximate surface area is 141 Å². The number of phenolic OH excluding ortho intramolecular Hbond substituents is 1. The molecule has 0 spiro atoms. The van der Waals surface area contributed by atoms with Gasteiger partial charge in [0.15, 0.2) is 0 Å². The number of hydrogen-bond donors (Lipinski definition) is 1. The summed E-state index contributed by atoms with van der Waals surface area (Å²) in [4.78, 5) is 28.5. The van der Waals surface area contributed by atoms with Gasteiger partial charge in [-0.05, 0) is 36.8 Å². The number of nitrogens with zero attached hydrogens (tertiary/aromatic N) is 2. The highest BCUT2D eigenvalue weighted by Gasteiger charge is 2.14. The fraction of sp³-hybridized carbons (Fsp3) is 0.118. The SMILES string of the molecule is Cc1cccn2c(=O)cc(COC(=O)c3cc(Cl)ccc3O)nc12. The maximum atomic E-state index is 12.1. The maximum absolute atomic E-state index is 12.1. The van der Waals surface area contributed by atoms with Crippen molar-refractivity contribution >= 4 is 23.2 Å². The van der Waals surface area contributed by atoms with E-state index >= 15 is 0 Å². The van der Waals surface area contributed by atoms with Crippen molar-refractivity contribution in [2.24, 2.45) is 0 Å². The molecule has 3 rings (SSSR count). The summed E-state index contributed by atoms with van der Waals surface area (Å²) in [6.07, 6.45) is 1.62. The Morgan fingerprint density at radius 3 is 2.92 bits per heavy atom. The van der Waals surface area contributed by atoms with Crippen molar-refractivity contribution in [2.45, 2.75) is 13.5 Å². The van der Waals surface area contributed by atoms with Crippen LogP contribution < -0.4 is 5.56 Å². The van der Waals surface area contributed by atoms with Crippen molar-refractivity contribution in [3.05, 3.63) is 74.8 Å². The Hall–Kier alpha value is -2.86. The van der Waals surface area contributed by atoms with Gasteiger partial charge in [0.05, 0.1) is 5.69 Å². The molecule has 0 bridgehead atoms. The number of carbonyl (C=O) groups excluding carboxylic acids is 1. The van der Waals surface area contributed by atoms with Gasteiger partial charge in [0.25, 0.3) is 5.56 Å². The highest BCUT2D eigenvalue weighted by molar-refractivity contribution is 6.31. The van der Waals surface area contributed by atoms with E-state index in [1.165, 1.54) is 28.7 Å². The number of fused-ring (bicyclic) bond motifs is 1. The Morgan fingerprint density at radius 1 is 1.33 bits per heavy atom. The summed E-state index contributed by atoms with van der Waals surface area (Å²) >= 11 is 5.81. The Morgan fingerprint density at radius 2 is 2.12 bits per heavy atom. The number of aromatic hydroxyl groups is 1. The van der Waals surface area contributed by atoms with Crippen LogP contribution in [0, 0.1) is 6.92 Å². The molecule has 2 aromatic heterocycles. The molecule has 1 N–H and O–H groups in total. The molecule has 24 heavy (non-hydrogen) atoms. The van der Waals surface area contributed by atoms with Crippen molar-refractivity contribution in [1.82, 2.24) is 9.38 Å². The third-order valence-corrected chi connectivity index (χ3v) is 3.70. The highest BCUT2D eigenvalue weighted by atomic mass is 35.5. The summed E-state index contributed by atoms with van der Waals surface area (Å²) < 4.78 is 6.55. The first-order valence-electron chi connectivity index (χ1n) is 7.09. The Kier molecular flexibility index (Phi) is 4.22. The average Bonchev–Trinajstić information content (AvgIpc) is 2.56. The molecule has 6 nitrogen and oxygen atoms in total. The molecule has 1 aromatic carbocycles. The van der Waals surface area contributed by atoms with Gasteiger partial charge in [-0.2, -0.15) is 0 Å². The van der Waals surface area contributed by atoms with Crippen molar-refractivity contribution in [3.8, 4) is 5.75 Å². The highest BCUT2D eigenvalue weighted by Crippen LogP contribution is 2.22. The second kappa shape index (κ2) is 6.33. The monoisotopic (exact) mass is 344 g/mol. The quantitative estimate of drug-likeness (QED) is 0.739. The standard InChI is InChI=1S/C17H13ClN2O4/c1-10-3-2-6-20-15(22)8-12(19-16(10)20)9-24-17(23)13-7-11(18)4-5-14(13)21/h2-8,21H,9H2,1H3. The van der Waals surface area contributed by atoms with Crippen molar-refractivity contribution in [2.75, 3.05) is 0 Å². The van der Waals surface area contributed by atoms with Crippen LogP contribution in [0.25, 0.3) is 5.65 Å². The van der Waals surface area contributed by atoms with Crippen LogP contribution in [0.15, 0.2) is 47.4 Å². The number of halogens is 1. The van der Waals surface area contributed by atoms with Crippen LogP contribution in [0.2, 0.25) is 5.02 Å². The molecule has 2 heterocycles. The smallest absolute Gasteiger partial charge is 0.342 e. The van der Waals surface area contributed by atoms with Crippen molar-refractivity contribution < 1.29 is 14.6 Å². The van der Waals surface area contributed by atoms with Gasteiger partial charge in [-0.3, -0.25) is 9.20 Å². The lowest BCUT2D eigenvalue weighted by Gasteiger charge is -2.08. The molecule has 0 radical (unpaired) electrons. The topological polar surface area (TPSA) is 80.9 Å². The van der Waals surface area contributed by atoms with Gasteiger partial charge < -0.3 is 9.84 Å². The summed E-state index contributed by atoms with van der Waals surface area (Å²) in [7, 11) is 0. The molecule has 0 aliphatic carbocycles. The number of carbonyl (C=O) groups is 1. The van der Waals surface area contributed by atoms with E-state index in [4.69, 9.17) is 16.3 Å². The van der Waals surface area contributed by atoms with E-state index in [2.05, 4.69) is 4.98 Å². The minimum absolute atomic E-state index is 0.0452. The average molecular weight is 345 g/mol. The normalized spacial score (nSPS) is 10.8. The number of phenols is 1. The lowest BCUT2D eigenvalue weighted by molar-refractivity contribution is 0.0464. The molecular weight excluding hydrogens is 332 g/mol. The van der Waals surface area contributed by atoms with Gasteiger partial charge in [0, 0.05) is 17.3 Å². The van der Waals surface area contributed by atoms with E-state index in [1.807, 2.05) is 13.0 Å². The van der Waals surface area contributed by atoms with E-state index in [0.29, 0.717) is 16.4 Å². The van der Waals surface area contributed by atoms with Crippen LogP contribution in [0.4, 0.5) is 0 Å². The van der Waals surface area contributed by atoms with E-state index in [1.54, 1.807) is 12.3 Å².